The lowest BCUT2D eigenvalue weighted by molar-refractivity contribution is 0.0947. The Kier molecular flexibility index (Phi) is 6.25. The van der Waals surface area contributed by atoms with E-state index in [9.17, 15) is 9.90 Å². The maximum absolute atomic E-state index is 13.5. The molecule has 0 spiro atoms. The van der Waals surface area contributed by atoms with E-state index in [1.165, 1.54) is 0 Å². The predicted molar refractivity (Wildman–Crippen MR) is 130 cm³/mol. The molecule has 2 heterocycles. The van der Waals surface area contributed by atoms with Gasteiger partial charge in [-0.25, -0.2) is 4.98 Å². The van der Waals surface area contributed by atoms with Gasteiger partial charge < -0.3 is 10.0 Å². The van der Waals surface area contributed by atoms with Crippen molar-refractivity contribution in [3.05, 3.63) is 57.9 Å². The minimum absolute atomic E-state index is 0.0131. The molecular weight excluding hydrogens is 398 g/mol. The number of hydrogen-bond acceptors (Lipinski definition) is 4. The molecule has 0 fully saturated rings. The molecule has 3 rings (SSSR count). The van der Waals surface area contributed by atoms with E-state index in [4.69, 9.17) is 5.41 Å². The highest BCUT2D eigenvalue weighted by Crippen LogP contribution is 2.40. The highest BCUT2D eigenvalue weighted by Gasteiger charge is 2.36. The Bertz CT molecular complexity index is 1020. The van der Waals surface area contributed by atoms with Crippen molar-refractivity contribution in [3.63, 3.8) is 0 Å². The monoisotopic (exact) mass is 435 g/mol. The first-order chi connectivity index (χ1) is 14.8. The smallest absolute Gasteiger partial charge is 0.182 e. The second kappa shape index (κ2) is 8.34. The number of ketones is 1. The molecule has 172 valence electrons. The first-order valence-electron chi connectivity index (χ1n) is 11.5. The number of rotatable bonds is 5. The third-order valence-electron chi connectivity index (χ3n) is 6.24. The third-order valence-corrected chi connectivity index (χ3v) is 6.24. The van der Waals surface area contributed by atoms with E-state index >= 15 is 0 Å². The number of Topliss-reactive ketones (excluding diaryl/α,β-unsaturated/α-hetero) is 1. The summed E-state index contributed by atoms with van der Waals surface area (Å²) in [6, 6.07) is 7.67. The molecule has 1 unspecified atom stereocenters. The fourth-order valence-corrected chi connectivity index (χ4v) is 4.44. The molecule has 1 aliphatic heterocycles. The lowest BCUT2D eigenvalue weighted by Gasteiger charge is -2.29. The maximum atomic E-state index is 13.5. The Labute approximate surface area is 192 Å². The number of fused-ring (bicyclic) bond motifs is 1. The third kappa shape index (κ3) is 4.43. The minimum atomic E-state index is -0.302. The number of amidine groups is 1. The van der Waals surface area contributed by atoms with Crippen LogP contribution in [0.5, 0.6) is 5.75 Å². The zero-order valence-electron chi connectivity index (χ0n) is 20.8. The van der Waals surface area contributed by atoms with Crippen LogP contribution in [0.25, 0.3) is 0 Å². The van der Waals surface area contributed by atoms with Gasteiger partial charge in [0.05, 0.1) is 12.6 Å². The number of nitrogens with zero attached hydrogens (tertiary/aromatic N) is 2. The summed E-state index contributed by atoms with van der Waals surface area (Å²) in [4.78, 5) is 20.0. The number of pyridine rings is 1. The number of carbonyl (C=O) groups excluding carboxylic acids is 1. The van der Waals surface area contributed by atoms with Crippen molar-refractivity contribution in [1.29, 1.82) is 5.41 Å². The van der Waals surface area contributed by atoms with Crippen molar-refractivity contribution in [3.8, 4) is 5.75 Å². The molecule has 1 atom stereocenters. The predicted octanol–water partition coefficient (Wildman–Crippen LogP) is 6.06. The zero-order valence-corrected chi connectivity index (χ0v) is 20.8. The molecule has 1 aromatic carbocycles. The fraction of sp³-hybridized carbons (Fsp3) is 0.519. The highest BCUT2D eigenvalue weighted by atomic mass is 16.3. The summed E-state index contributed by atoms with van der Waals surface area (Å²) in [5.41, 5.74) is 4.12. The van der Waals surface area contributed by atoms with Crippen LogP contribution in [-0.4, -0.2) is 33.2 Å². The first-order valence-corrected chi connectivity index (χ1v) is 11.5. The number of nitrogens with one attached hydrogen (secondary N) is 1. The Hall–Kier alpha value is -2.69. The van der Waals surface area contributed by atoms with E-state index in [1.54, 1.807) is 0 Å². The number of phenols is 1. The van der Waals surface area contributed by atoms with E-state index < -0.39 is 0 Å². The van der Waals surface area contributed by atoms with Gasteiger partial charge in [-0.15, -0.1) is 0 Å². The molecule has 5 heteroatoms. The number of benzene rings is 1. The number of phenolic OH excluding ortho intramolecular Hbond substituents is 1. The van der Waals surface area contributed by atoms with Gasteiger partial charge in [-0.3, -0.25) is 10.2 Å². The quantitative estimate of drug-likeness (QED) is 0.560. The summed E-state index contributed by atoms with van der Waals surface area (Å²) in [6.45, 7) is 16.4. The van der Waals surface area contributed by atoms with E-state index in [1.807, 2.05) is 77.6 Å². The molecule has 0 saturated heterocycles. The van der Waals surface area contributed by atoms with Gasteiger partial charge in [0.25, 0.3) is 0 Å². The largest absolute Gasteiger partial charge is 0.507 e. The summed E-state index contributed by atoms with van der Waals surface area (Å²) in [7, 11) is 0. The summed E-state index contributed by atoms with van der Waals surface area (Å²) in [5.74, 6) is 0.546. The normalized spacial score (nSPS) is 16.4. The van der Waals surface area contributed by atoms with Crippen LogP contribution < -0.4 is 0 Å². The van der Waals surface area contributed by atoms with Crippen LogP contribution >= 0.6 is 0 Å². The van der Waals surface area contributed by atoms with Crippen LogP contribution in [0.4, 0.5) is 0 Å². The van der Waals surface area contributed by atoms with Gasteiger partial charge >= 0.3 is 0 Å². The summed E-state index contributed by atoms with van der Waals surface area (Å²) < 4.78 is 0. The first kappa shape index (κ1) is 24.0. The van der Waals surface area contributed by atoms with E-state index in [-0.39, 0.29) is 34.9 Å². The Morgan fingerprint density at radius 2 is 1.66 bits per heavy atom. The van der Waals surface area contributed by atoms with Gasteiger partial charge in [-0.05, 0) is 42.4 Å². The van der Waals surface area contributed by atoms with Crippen LogP contribution in [0, 0.1) is 12.3 Å². The second-order valence-corrected chi connectivity index (χ2v) is 11.0. The summed E-state index contributed by atoms with van der Waals surface area (Å²) in [6.07, 6.45) is 1.82. The summed E-state index contributed by atoms with van der Waals surface area (Å²) >= 11 is 0. The molecular formula is C27H37N3O2. The Balaban J connectivity index is 2.02. The van der Waals surface area contributed by atoms with Crippen molar-refractivity contribution < 1.29 is 9.90 Å². The number of carbonyl (C=O) groups is 1. The molecule has 5 nitrogen and oxygen atoms in total. The van der Waals surface area contributed by atoms with Crippen LogP contribution in [0.2, 0.25) is 0 Å². The Morgan fingerprint density at radius 1 is 1.09 bits per heavy atom. The van der Waals surface area contributed by atoms with Crippen LogP contribution in [0.1, 0.15) is 106 Å². The van der Waals surface area contributed by atoms with Gasteiger partial charge in [0.2, 0.25) is 0 Å². The maximum Gasteiger partial charge on any atom is 0.182 e. The molecule has 1 aliphatic rings. The lowest BCUT2D eigenvalue weighted by Crippen LogP contribution is -2.34. The van der Waals surface area contributed by atoms with Crippen LogP contribution in [0.3, 0.4) is 0 Å². The molecule has 2 N–H and O–H groups in total. The van der Waals surface area contributed by atoms with Gasteiger partial charge in [0.15, 0.2) is 5.78 Å². The molecule has 0 bridgehead atoms. The van der Waals surface area contributed by atoms with Gasteiger partial charge in [-0.2, -0.15) is 0 Å². The van der Waals surface area contributed by atoms with E-state index in [2.05, 4.69) is 11.9 Å². The molecule has 0 radical (unpaired) electrons. The molecule has 0 saturated carbocycles. The van der Waals surface area contributed by atoms with Crippen LogP contribution in [-0.2, 0) is 10.8 Å². The van der Waals surface area contributed by atoms with Crippen molar-refractivity contribution >= 4 is 11.6 Å². The fourth-order valence-electron chi connectivity index (χ4n) is 4.44. The summed E-state index contributed by atoms with van der Waals surface area (Å²) in [5, 5.41) is 19.7. The number of aryl methyl sites for hydroxylation is 1. The zero-order chi connectivity index (χ0) is 24.0. The number of hydrogen-bond donors (Lipinski definition) is 2. The molecule has 1 aromatic heterocycles. The molecule has 0 aliphatic carbocycles. The highest BCUT2D eigenvalue weighted by molar-refractivity contribution is 6.05. The van der Waals surface area contributed by atoms with Gasteiger partial charge in [0, 0.05) is 27.9 Å². The van der Waals surface area contributed by atoms with Crippen LogP contribution in [0.15, 0.2) is 24.3 Å². The van der Waals surface area contributed by atoms with E-state index in [0.29, 0.717) is 17.1 Å². The van der Waals surface area contributed by atoms with E-state index in [0.717, 1.165) is 35.2 Å². The topological polar surface area (TPSA) is 77.3 Å². The number of aromatic nitrogens is 1. The molecule has 2 aromatic rings. The van der Waals surface area contributed by atoms with Crippen molar-refractivity contribution in [2.45, 2.75) is 85.1 Å². The average Bonchev–Trinajstić information content (AvgIpc) is 2.92. The second-order valence-electron chi connectivity index (χ2n) is 11.0. The van der Waals surface area contributed by atoms with Gasteiger partial charge in [0.1, 0.15) is 17.3 Å². The van der Waals surface area contributed by atoms with Gasteiger partial charge in [-0.1, -0.05) is 61.0 Å². The SMILES string of the molecule is CCCC1c2ccc(C)nc2C(=N)N1CC(=O)c1cc(C(C)(C)C)c(O)c(C(C)(C)C)c1. The van der Waals surface area contributed by atoms with Crippen molar-refractivity contribution in [1.82, 2.24) is 9.88 Å². The standard InChI is InChI=1S/C27H37N3O2/c1-9-10-21-18-12-11-16(2)29-23(18)25(28)30(21)15-22(31)17-13-19(26(3,4)5)24(32)20(14-17)27(6,7)8/h11-14,21,28,32H,9-10,15H2,1-8H3. The number of aromatic hydroxyl groups is 1. The molecule has 32 heavy (non-hydrogen) atoms. The van der Waals surface area contributed by atoms with Crippen molar-refractivity contribution in [2.24, 2.45) is 0 Å². The van der Waals surface area contributed by atoms with Crippen molar-refractivity contribution in [2.75, 3.05) is 6.54 Å². The Morgan fingerprint density at radius 3 is 2.16 bits per heavy atom. The minimum Gasteiger partial charge on any atom is -0.507 e. The average molecular weight is 436 g/mol. The lowest BCUT2D eigenvalue weighted by atomic mass is 9.78. The molecule has 0 amide bonds.